The third kappa shape index (κ3) is 5.07. The van der Waals surface area contributed by atoms with Crippen molar-refractivity contribution in [3.05, 3.63) is 191 Å². The van der Waals surface area contributed by atoms with Crippen LogP contribution in [0, 0.1) is 5.92 Å². The average Bonchev–Trinajstić information content (AvgIpc) is 3.92. The van der Waals surface area contributed by atoms with Crippen molar-refractivity contribution in [1.29, 1.82) is 0 Å². The minimum Gasteiger partial charge on any atom is -0.285 e. The highest BCUT2D eigenvalue weighted by molar-refractivity contribution is 8.00. The lowest BCUT2D eigenvalue weighted by molar-refractivity contribution is 0.557. The van der Waals surface area contributed by atoms with E-state index in [1.807, 2.05) is 11.8 Å². The van der Waals surface area contributed by atoms with Gasteiger partial charge in [-0.1, -0.05) is 173 Å². The van der Waals surface area contributed by atoms with Crippen LogP contribution < -0.4 is 0 Å². The van der Waals surface area contributed by atoms with E-state index in [-0.39, 0.29) is 16.7 Å². The number of fused-ring (bicyclic) bond motifs is 10. The lowest BCUT2D eigenvalue weighted by atomic mass is 9.71. The fourth-order valence-corrected chi connectivity index (χ4v) is 13.3. The molecular formula is C58H47N3S. The van der Waals surface area contributed by atoms with Gasteiger partial charge in [0, 0.05) is 61.2 Å². The third-order valence-corrected chi connectivity index (χ3v) is 16.7. The normalized spacial score (nSPS) is 24.7. The molecule has 7 aromatic rings. The predicted molar refractivity (Wildman–Crippen MR) is 261 cm³/mol. The van der Waals surface area contributed by atoms with Gasteiger partial charge in [0.25, 0.3) is 0 Å². The Morgan fingerprint density at radius 1 is 0.710 bits per heavy atom. The molecule has 6 aliphatic rings. The summed E-state index contributed by atoms with van der Waals surface area (Å²) in [5.41, 5.74) is 19.3. The number of benzene rings is 5. The van der Waals surface area contributed by atoms with Gasteiger partial charge >= 0.3 is 0 Å². The fraction of sp³-hybridized carbons (Fsp3) is 0.207. The second kappa shape index (κ2) is 13.1. The molecule has 0 N–H and O–H groups in total. The summed E-state index contributed by atoms with van der Waals surface area (Å²) >= 11 is 2.00. The molecule has 2 aromatic heterocycles. The molecule has 62 heavy (non-hydrogen) atoms. The molecule has 4 heteroatoms. The van der Waals surface area contributed by atoms with E-state index < -0.39 is 0 Å². The van der Waals surface area contributed by atoms with Crippen molar-refractivity contribution in [2.75, 3.05) is 0 Å². The van der Waals surface area contributed by atoms with Crippen molar-refractivity contribution in [3.8, 4) is 28.2 Å². The van der Waals surface area contributed by atoms with E-state index in [0.29, 0.717) is 11.2 Å². The van der Waals surface area contributed by atoms with Gasteiger partial charge in [-0.25, -0.2) is 9.97 Å². The Hall–Kier alpha value is -6.23. The SMILES string of the molecule is CC1CC(c2ccc3c4c(cccc24)-c2ccccc2-3)=CC=C1c1nc(-n2c3c(c4c2C(C)CC=C4)C=CC(C)(c2ccc4c(c2)C2(C)C=CC=CC2S4)C3)nc2ccccc12. The molecule has 5 atom stereocenters. The highest BCUT2D eigenvalue weighted by atomic mass is 32.2. The molecule has 1 aliphatic heterocycles. The quantitative estimate of drug-likeness (QED) is 0.177. The maximum atomic E-state index is 5.68. The second-order valence-electron chi connectivity index (χ2n) is 19.0. The average molecular weight is 818 g/mol. The first kappa shape index (κ1) is 36.4. The van der Waals surface area contributed by atoms with Crippen molar-refractivity contribution >= 4 is 56.7 Å². The Bertz CT molecular complexity index is 3300. The van der Waals surface area contributed by atoms with Gasteiger partial charge in [0.05, 0.1) is 11.2 Å². The van der Waals surface area contributed by atoms with Crippen LogP contribution in [0.2, 0.25) is 0 Å². The van der Waals surface area contributed by atoms with E-state index in [2.05, 4.69) is 190 Å². The molecule has 0 saturated carbocycles. The maximum absolute atomic E-state index is 5.68. The maximum Gasteiger partial charge on any atom is 0.235 e. The molecule has 5 aliphatic carbocycles. The Morgan fingerprint density at radius 2 is 1.50 bits per heavy atom. The van der Waals surface area contributed by atoms with Crippen LogP contribution in [-0.2, 0) is 17.3 Å². The molecule has 5 unspecified atom stereocenters. The van der Waals surface area contributed by atoms with E-state index >= 15 is 0 Å². The van der Waals surface area contributed by atoms with Gasteiger partial charge in [0.1, 0.15) is 0 Å². The van der Waals surface area contributed by atoms with Gasteiger partial charge in [0.15, 0.2) is 0 Å². The molecular weight excluding hydrogens is 771 g/mol. The lowest BCUT2D eigenvalue weighted by Gasteiger charge is -2.33. The van der Waals surface area contributed by atoms with Crippen LogP contribution >= 0.6 is 11.8 Å². The number of aromatic nitrogens is 3. The van der Waals surface area contributed by atoms with Gasteiger partial charge in [-0.05, 0) is 91.8 Å². The van der Waals surface area contributed by atoms with E-state index in [1.54, 1.807) is 0 Å². The summed E-state index contributed by atoms with van der Waals surface area (Å²) in [6.45, 7) is 9.58. The van der Waals surface area contributed by atoms with E-state index in [4.69, 9.17) is 9.97 Å². The molecule has 3 nitrogen and oxygen atoms in total. The lowest BCUT2D eigenvalue weighted by Crippen LogP contribution is -2.30. The van der Waals surface area contributed by atoms with Crippen molar-refractivity contribution in [2.45, 2.75) is 73.9 Å². The summed E-state index contributed by atoms with van der Waals surface area (Å²) in [6, 6.07) is 36.3. The number of rotatable bonds is 4. The Morgan fingerprint density at radius 3 is 2.37 bits per heavy atom. The zero-order chi connectivity index (χ0) is 41.5. The van der Waals surface area contributed by atoms with Crippen LogP contribution in [-0.4, -0.2) is 19.8 Å². The van der Waals surface area contributed by atoms with Crippen molar-refractivity contribution in [1.82, 2.24) is 14.5 Å². The number of nitrogens with zero attached hydrogens (tertiary/aromatic N) is 3. The number of hydrogen-bond acceptors (Lipinski definition) is 3. The smallest absolute Gasteiger partial charge is 0.235 e. The van der Waals surface area contributed by atoms with E-state index in [9.17, 15) is 0 Å². The summed E-state index contributed by atoms with van der Waals surface area (Å²) in [5.74, 6) is 1.38. The Balaban J connectivity index is 0.937. The third-order valence-electron chi connectivity index (χ3n) is 15.2. The fourth-order valence-electron chi connectivity index (χ4n) is 11.8. The van der Waals surface area contributed by atoms with Gasteiger partial charge in [0.2, 0.25) is 5.95 Å². The molecule has 0 fully saturated rings. The van der Waals surface area contributed by atoms with Crippen LogP contribution in [0.1, 0.15) is 91.4 Å². The number of thioether (sulfide) groups is 1. The van der Waals surface area contributed by atoms with Crippen molar-refractivity contribution in [2.24, 2.45) is 5.92 Å². The standard InChI is InChI=1S/C58H47N3S/c1-34-13-11-19-46-42-28-30-57(3,37-23-27-51-48(32-37)58(4)29-10-9-21-52(58)62-51)33-50(42)61(55(34)46)56-59-49-20-8-7-16-47(49)54(60-56)38-24-22-36(31-35(38)2)39-25-26-45-41-15-6-5-14-40(41)44-18-12-17-43(39)53(44)45/h5-12,14-30,32,34-35,52H,13,31,33H2,1-4H3. The highest BCUT2D eigenvalue weighted by Gasteiger charge is 2.43. The summed E-state index contributed by atoms with van der Waals surface area (Å²) in [6.07, 6.45) is 26.3. The molecule has 0 bridgehead atoms. The van der Waals surface area contributed by atoms with Gasteiger partial charge in [-0.15, -0.1) is 11.8 Å². The molecule has 5 aromatic carbocycles. The zero-order valence-corrected chi connectivity index (χ0v) is 36.4. The van der Waals surface area contributed by atoms with Gasteiger partial charge < -0.3 is 0 Å². The van der Waals surface area contributed by atoms with Crippen LogP contribution in [0.25, 0.3) is 73.2 Å². The Kier molecular flexibility index (Phi) is 7.72. The molecule has 13 rings (SSSR count). The largest absolute Gasteiger partial charge is 0.285 e. The number of allylic oxidation sites excluding steroid dienone is 9. The topological polar surface area (TPSA) is 30.7 Å². The van der Waals surface area contributed by atoms with Crippen LogP contribution in [0.3, 0.4) is 0 Å². The summed E-state index contributed by atoms with van der Waals surface area (Å²) in [4.78, 5) is 12.5. The van der Waals surface area contributed by atoms with Crippen LogP contribution in [0.4, 0.5) is 0 Å². The number of hydrogen-bond donors (Lipinski definition) is 0. The minimum absolute atomic E-state index is 0.00250. The molecule has 0 amide bonds. The van der Waals surface area contributed by atoms with Gasteiger partial charge in [-0.2, -0.15) is 0 Å². The molecule has 0 radical (unpaired) electrons. The molecule has 0 saturated heterocycles. The van der Waals surface area contributed by atoms with Gasteiger partial charge in [-0.3, -0.25) is 4.57 Å². The van der Waals surface area contributed by atoms with Crippen LogP contribution in [0.5, 0.6) is 0 Å². The molecule has 3 heterocycles. The zero-order valence-electron chi connectivity index (χ0n) is 35.6. The Labute approximate surface area is 368 Å². The summed E-state index contributed by atoms with van der Waals surface area (Å²) in [7, 11) is 0. The van der Waals surface area contributed by atoms with Crippen molar-refractivity contribution < 1.29 is 0 Å². The second-order valence-corrected chi connectivity index (χ2v) is 20.2. The van der Waals surface area contributed by atoms with E-state index in [1.165, 1.54) is 88.3 Å². The summed E-state index contributed by atoms with van der Waals surface area (Å²) in [5, 5.41) is 4.27. The van der Waals surface area contributed by atoms with Crippen molar-refractivity contribution in [3.63, 3.8) is 0 Å². The first-order chi connectivity index (χ1) is 30.3. The predicted octanol–water partition coefficient (Wildman–Crippen LogP) is 14.6. The van der Waals surface area contributed by atoms with Crippen LogP contribution in [0.15, 0.2) is 151 Å². The molecule has 300 valence electrons. The first-order valence-electron chi connectivity index (χ1n) is 22.4. The number of para-hydroxylation sites is 1. The van der Waals surface area contributed by atoms with E-state index in [0.717, 1.165) is 41.8 Å². The highest BCUT2D eigenvalue weighted by Crippen LogP contribution is 2.54. The summed E-state index contributed by atoms with van der Waals surface area (Å²) < 4.78 is 2.48. The monoisotopic (exact) mass is 817 g/mol. The minimum atomic E-state index is -0.201. The molecule has 0 spiro atoms. The first-order valence-corrected chi connectivity index (χ1v) is 23.3.